The maximum Gasteiger partial charge on any atom is 0.324 e. The van der Waals surface area contributed by atoms with Gasteiger partial charge in [-0.2, -0.15) is 0 Å². The summed E-state index contributed by atoms with van der Waals surface area (Å²) in [7, 11) is 0. The number of primary amides is 1. The van der Waals surface area contributed by atoms with Crippen molar-refractivity contribution < 1.29 is 14.4 Å². The van der Waals surface area contributed by atoms with Crippen LogP contribution in [-0.4, -0.2) is 47.9 Å². The Labute approximate surface area is 201 Å². The largest absolute Gasteiger partial charge is 0.370 e. The third-order valence-corrected chi connectivity index (χ3v) is 8.60. The van der Waals surface area contributed by atoms with Gasteiger partial charge in [-0.25, -0.2) is 4.79 Å². The molecule has 0 spiro atoms. The Balaban J connectivity index is 1.29. The van der Waals surface area contributed by atoms with Crippen LogP contribution in [0.1, 0.15) is 53.8 Å². The molecule has 2 aliphatic heterocycles. The van der Waals surface area contributed by atoms with Crippen molar-refractivity contribution in [2.24, 2.45) is 5.73 Å². The second kappa shape index (κ2) is 8.65. The van der Waals surface area contributed by atoms with Gasteiger partial charge < -0.3 is 16.0 Å². The molecule has 5 rings (SSSR count). The van der Waals surface area contributed by atoms with E-state index < -0.39 is 0 Å². The summed E-state index contributed by atoms with van der Waals surface area (Å²) in [6.07, 6.45) is 5.22. The van der Waals surface area contributed by atoms with E-state index in [2.05, 4.69) is 5.32 Å². The first-order valence-corrected chi connectivity index (χ1v) is 12.6. The van der Waals surface area contributed by atoms with Crippen molar-refractivity contribution >= 4 is 46.5 Å². The van der Waals surface area contributed by atoms with E-state index in [4.69, 9.17) is 17.3 Å². The minimum absolute atomic E-state index is 0.0311. The Morgan fingerprint density at radius 1 is 1.15 bits per heavy atom. The summed E-state index contributed by atoms with van der Waals surface area (Å²) in [5, 5.41) is 3.09. The predicted molar refractivity (Wildman–Crippen MR) is 129 cm³/mol. The second-order valence-electron chi connectivity index (χ2n) is 9.30. The van der Waals surface area contributed by atoms with Gasteiger partial charge in [-0.15, -0.1) is 11.3 Å². The molecule has 33 heavy (non-hydrogen) atoms. The van der Waals surface area contributed by atoms with Gasteiger partial charge in [0, 0.05) is 24.1 Å². The fraction of sp³-hybridized carbons (Fsp3) is 0.458. The monoisotopic (exact) mass is 486 g/mol. The summed E-state index contributed by atoms with van der Waals surface area (Å²) in [5.41, 5.74) is 7.32. The van der Waals surface area contributed by atoms with Crippen molar-refractivity contribution in [2.75, 3.05) is 18.0 Å². The van der Waals surface area contributed by atoms with Gasteiger partial charge in [0.05, 0.1) is 27.8 Å². The molecule has 1 saturated carbocycles. The number of carbonyl (C=O) groups is 3. The minimum atomic E-state index is -0.269. The average molecular weight is 487 g/mol. The molecule has 3 aliphatic rings. The van der Waals surface area contributed by atoms with E-state index in [1.165, 1.54) is 11.3 Å². The molecule has 0 bridgehead atoms. The number of nitrogens with one attached hydrogen (secondary N) is 1. The summed E-state index contributed by atoms with van der Waals surface area (Å²) in [6, 6.07) is 11.3. The molecule has 2 saturated heterocycles. The number of benzene rings is 1. The molecular formula is C24H27ClN4O3S. The van der Waals surface area contributed by atoms with Crippen molar-refractivity contribution in [3.8, 4) is 0 Å². The van der Waals surface area contributed by atoms with E-state index in [1.54, 1.807) is 17.0 Å². The molecule has 3 N–H and O–H groups in total. The van der Waals surface area contributed by atoms with Crippen molar-refractivity contribution in [1.82, 2.24) is 10.2 Å². The summed E-state index contributed by atoms with van der Waals surface area (Å²) >= 11 is 7.21. The zero-order valence-corrected chi connectivity index (χ0v) is 19.8. The number of thiophene rings is 1. The normalized spacial score (nSPS) is 23.7. The average Bonchev–Trinajstić information content (AvgIpc) is 3.56. The van der Waals surface area contributed by atoms with E-state index >= 15 is 0 Å². The number of hydrogen-bond donors (Lipinski definition) is 2. The Kier molecular flexibility index (Phi) is 5.82. The quantitative estimate of drug-likeness (QED) is 0.648. The number of hydrogen-bond acceptors (Lipinski definition) is 4. The lowest BCUT2D eigenvalue weighted by Gasteiger charge is -2.29. The third kappa shape index (κ3) is 4.10. The molecule has 2 aromatic rings. The Morgan fingerprint density at radius 2 is 1.88 bits per heavy atom. The summed E-state index contributed by atoms with van der Waals surface area (Å²) in [5.74, 6) is -0.417. The fourth-order valence-electron chi connectivity index (χ4n) is 5.74. The zero-order valence-electron chi connectivity index (χ0n) is 18.3. The molecule has 1 aromatic heterocycles. The smallest absolute Gasteiger partial charge is 0.324 e. The summed E-state index contributed by atoms with van der Waals surface area (Å²) in [4.78, 5) is 41.6. The van der Waals surface area contributed by atoms with Gasteiger partial charge >= 0.3 is 6.03 Å². The number of urea groups is 1. The third-order valence-electron chi connectivity index (χ3n) is 7.37. The van der Waals surface area contributed by atoms with E-state index in [-0.39, 0.29) is 35.3 Å². The molecule has 1 aliphatic carbocycles. The van der Waals surface area contributed by atoms with Crippen molar-refractivity contribution in [3.05, 3.63) is 51.2 Å². The molecular weight excluding hydrogens is 460 g/mol. The Hall–Kier alpha value is -2.58. The maximum atomic E-state index is 13.1. The molecule has 7 nitrogen and oxygen atoms in total. The predicted octanol–water partition coefficient (Wildman–Crippen LogP) is 3.90. The first kappa shape index (κ1) is 22.2. The van der Waals surface area contributed by atoms with E-state index in [0.717, 1.165) is 43.4 Å². The number of halogens is 1. The zero-order chi connectivity index (χ0) is 23.2. The number of anilines is 1. The molecule has 174 valence electrons. The molecule has 9 heteroatoms. The molecule has 0 unspecified atom stereocenters. The second-order valence-corrected chi connectivity index (χ2v) is 11.0. The van der Waals surface area contributed by atoms with E-state index in [1.807, 2.05) is 29.2 Å². The lowest BCUT2D eigenvalue weighted by molar-refractivity contribution is -0.119. The highest BCUT2D eigenvalue weighted by atomic mass is 35.5. The summed E-state index contributed by atoms with van der Waals surface area (Å²) < 4.78 is 0.578. The van der Waals surface area contributed by atoms with Crippen LogP contribution < -0.4 is 16.0 Å². The van der Waals surface area contributed by atoms with Crippen LogP contribution in [0.15, 0.2) is 36.4 Å². The highest BCUT2D eigenvalue weighted by Gasteiger charge is 2.47. The molecule has 3 fully saturated rings. The van der Waals surface area contributed by atoms with Gasteiger partial charge in [0.1, 0.15) is 0 Å². The van der Waals surface area contributed by atoms with Crippen molar-refractivity contribution in [3.63, 3.8) is 0 Å². The molecule has 1 aromatic carbocycles. The van der Waals surface area contributed by atoms with Crippen molar-refractivity contribution in [1.29, 1.82) is 0 Å². The van der Waals surface area contributed by atoms with Crippen LogP contribution in [0, 0.1) is 0 Å². The Bertz CT molecular complexity index is 1080. The van der Waals surface area contributed by atoms with Gasteiger partial charge in [0.15, 0.2) is 0 Å². The highest BCUT2D eigenvalue weighted by molar-refractivity contribution is 7.18. The number of carbonyl (C=O) groups excluding carboxylic acids is 3. The first-order valence-electron chi connectivity index (χ1n) is 11.4. The topological polar surface area (TPSA) is 95.7 Å². The summed E-state index contributed by atoms with van der Waals surface area (Å²) in [6.45, 7) is 1.15. The van der Waals surface area contributed by atoms with Crippen LogP contribution >= 0.6 is 22.9 Å². The number of amides is 4. The fourth-order valence-corrected chi connectivity index (χ4v) is 6.69. The van der Waals surface area contributed by atoms with Gasteiger partial charge in [0.2, 0.25) is 5.91 Å². The van der Waals surface area contributed by atoms with Gasteiger partial charge in [-0.3, -0.25) is 14.5 Å². The number of nitrogens with zero attached hydrogens (tertiary/aromatic N) is 2. The van der Waals surface area contributed by atoms with Gasteiger partial charge in [-0.1, -0.05) is 36.6 Å². The molecule has 4 amide bonds. The number of rotatable bonds is 6. The number of nitrogens with two attached hydrogens (primary N) is 1. The first-order chi connectivity index (χ1) is 15.9. The number of fused-ring (bicyclic) bond motifs is 1. The van der Waals surface area contributed by atoms with Crippen LogP contribution in [0.2, 0.25) is 4.34 Å². The lowest BCUT2D eigenvalue weighted by Crippen LogP contribution is -2.44. The maximum absolute atomic E-state index is 13.1. The molecule has 0 radical (unpaired) electrons. The molecule has 2 atom stereocenters. The van der Waals surface area contributed by atoms with Crippen LogP contribution in [0.3, 0.4) is 0 Å². The van der Waals surface area contributed by atoms with Crippen LogP contribution in [0.5, 0.6) is 0 Å². The standard InChI is InChI=1S/C24H27ClN4O3S/c25-20-8-7-19(33-20)22(31)27-17-9-12-28-18(17)14-29(23(28)32)16-5-3-15(4-6-16)24(13-21(26)30)10-1-2-11-24/h3-8,17-18H,1-2,9-14H2,(H2,26,30)(H,27,31)/t17-,18-/m1/s1. The van der Waals surface area contributed by atoms with E-state index in [9.17, 15) is 14.4 Å². The van der Waals surface area contributed by atoms with Crippen LogP contribution in [0.25, 0.3) is 0 Å². The minimum Gasteiger partial charge on any atom is -0.370 e. The molecule has 3 heterocycles. The van der Waals surface area contributed by atoms with Crippen LogP contribution in [0.4, 0.5) is 10.5 Å². The van der Waals surface area contributed by atoms with E-state index in [0.29, 0.717) is 28.7 Å². The van der Waals surface area contributed by atoms with Gasteiger partial charge in [0.25, 0.3) is 5.91 Å². The van der Waals surface area contributed by atoms with Crippen LogP contribution in [-0.2, 0) is 10.2 Å². The Morgan fingerprint density at radius 3 is 2.52 bits per heavy atom. The van der Waals surface area contributed by atoms with Crippen molar-refractivity contribution in [2.45, 2.75) is 56.0 Å². The SMILES string of the molecule is NC(=O)CC1(c2ccc(N3C[C@@H]4[C@H](NC(=O)c5ccc(Cl)s5)CCN4C3=O)cc2)CCCC1. The highest BCUT2D eigenvalue weighted by Crippen LogP contribution is 2.44. The lowest BCUT2D eigenvalue weighted by atomic mass is 9.76. The van der Waals surface area contributed by atoms with Gasteiger partial charge in [-0.05, 0) is 49.1 Å².